The molecule has 0 aliphatic carbocycles. The van der Waals surface area contributed by atoms with Gasteiger partial charge in [0.15, 0.2) is 0 Å². The van der Waals surface area contributed by atoms with E-state index < -0.39 is 11.9 Å². The third-order valence-corrected chi connectivity index (χ3v) is 3.20. The number of pyridine rings is 1. The fourth-order valence-corrected chi connectivity index (χ4v) is 2.25. The van der Waals surface area contributed by atoms with Crippen molar-refractivity contribution in [1.82, 2.24) is 4.98 Å². The lowest BCUT2D eigenvalue weighted by atomic mass is 9.91. The van der Waals surface area contributed by atoms with E-state index in [2.05, 4.69) is 11.9 Å². The van der Waals surface area contributed by atoms with Gasteiger partial charge in [-0.1, -0.05) is 38.0 Å². The van der Waals surface area contributed by atoms with Crippen LogP contribution in [0.25, 0.3) is 10.9 Å². The molecule has 1 unspecified atom stereocenters. The number of hydrogen-bond acceptors (Lipinski definition) is 2. The number of aliphatic carboxylic acids is 1. The van der Waals surface area contributed by atoms with E-state index >= 15 is 0 Å². The topological polar surface area (TPSA) is 50.2 Å². The van der Waals surface area contributed by atoms with Crippen LogP contribution in [0.5, 0.6) is 0 Å². The highest BCUT2D eigenvalue weighted by molar-refractivity contribution is 5.88. The summed E-state index contributed by atoms with van der Waals surface area (Å²) < 4.78 is 0. The molecule has 0 saturated heterocycles. The summed E-state index contributed by atoms with van der Waals surface area (Å²) in [5, 5.41) is 10.3. The number of nitrogens with zero attached hydrogens (tertiary/aromatic N) is 1. The summed E-state index contributed by atoms with van der Waals surface area (Å²) in [5.74, 6) is -1.18. The van der Waals surface area contributed by atoms with E-state index in [0.717, 1.165) is 29.3 Å². The molecule has 2 rings (SSSR count). The standard InChI is InChI=1S/C15H17NO2/c1-2-3-6-13(15(17)18)11-7-4-9-14-12(11)8-5-10-16-14/h4-5,7-10,13H,2-3,6H2,1H3,(H,17,18). The van der Waals surface area contributed by atoms with E-state index in [9.17, 15) is 9.90 Å². The van der Waals surface area contributed by atoms with Gasteiger partial charge in [-0.3, -0.25) is 9.78 Å². The molecular formula is C15H17NO2. The van der Waals surface area contributed by atoms with Gasteiger partial charge in [0.05, 0.1) is 11.4 Å². The fourth-order valence-electron chi connectivity index (χ4n) is 2.25. The molecule has 3 heteroatoms. The molecule has 0 aliphatic rings. The van der Waals surface area contributed by atoms with Gasteiger partial charge in [0.25, 0.3) is 0 Å². The Balaban J connectivity index is 2.46. The van der Waals surface area contributed by atoms with Crippen LogP contribution in [-0.2, 0) is 4.79 Å². The number of carbonyl (C=O) groups is 1. The molecule has 3 nitrogen and oxygen atoms in total. The van der Waals surface area contributed by atoms with Crippen molar-refractivity contribution >= 4 is 16.9 Å². The summed E-state index contributed by atoms with van der Waals surface area (Å²) in [7, 11) is 0. The quantitative estimate of drug-likeness (QED) is 0.873. The number of benzene rings is 1. The van der Waals surface area contributed by atoms with Gasteiger partial charge in [0.2, 0.25) is 0 Å². The first-order valence-corrected chi connectivity index (χ1v) is 6.30. The minimum Gasteiger partial charge on any atom is -0.481 e. The zero-order valence-electron chi connectivity index (χ0n) is 10.5. The maximum atomic E-state index is 11.4. The van der Waals surface area contributed by atoms with Crippen LogP contribution in [0.1, 0.15) is 37.7 Å². The van der Waals surface area contributed by atoms with Crippen molar-refractivity contribution in [2.75, 3.05) is 0 Å². The predicted molar refractivity (Wildman–Crippen MR) is 71.6 cm³/mol. The second-order valence-corrected chi connectivity index (χ2v) is 4.45. The molecule has 18 heavy (non-hydrogen) atoms. The van der Waals surface area contributed by atoms with Crippen molar-refractivity contribution in [3.05, 3.63) is 42.1 Å². The highest BCUT2D eigenvalue weighted by Gasteiger charge is 2.21. The first kappa shape index (κ1) is 12.6. The Morgan fingerprint density at radius 3 is 2.89 bits per heavy atom. The highest BCUT2D eigenvalue weighted by Crippen LogP contribution is 2.28. The number of unbranched alkanes of at least 4 members (excludes halogenated alkanes) is 1. The maximum Gasteiger partial charge on any atom is 0.310 e. The molecule has 1 aromatic heterocycles. The van der Waals surface area contributed by atoms with Crippen LogP contribution in [0.2, 0.25) is 0 Å². The van der Waals surface area contributed by atoms with Crippen LogP contribution in [-0.4, -0.2) is 16.1 Å². The number of fused-ring (bicyclic) bond motifs is 1. The fraction of sp³-hybridized carbons (Fsp3) is 0.333. The molecule has 2 aromatic rings. The van der Waals surface area contributed by atoms with Crippen molar-refractivity contribution in [1.29, 1.82) is 0 Å². The first-order valence-electron chi connectivity index (χ1n) is 6.30. The van der Waals surface area contributed by atoms with Crippen LogP contribution in [0.4, 0.5) is 0 Å². The summed E-state index contributed by atoms with van der Waals surface area (Å²) >= 11 is 0. The van der Waals surface area contributed by atoms with E-state index in [1.54, 1.807) is 6.20 Å². The van der Waals surface area contributed by atoms with Gasteiger partial charge in [-0.05, 0) is 24.1 Å². The molecule has 0 saturated carbocycles. The monoisotopic (exact) mass is 243 g/mol. The van der Waals surface area contributed by atoms with Crippen molar-refractivity contribution < 1.29 is 9.90 Å². The van der Waals surface area contributed by atoms with E-state index in [4.69, 9.17) is 0 Å². The van der Waals surface area contributed by atoms with E-state index in [1.807, 2.05) is 30.3 Å². The van der Waals surface area contributed by atoms with Crippen molar-refractivity contribution in [2.24, 2.45) is 0 Å². The second-order valence-electron chi connectivity index (χ2n) is 4.45. The van der Waals surface area contributed by atoms with Gasteiger partial charge in [0.1, 0.15) is 0 Å². The molecule has 0 amide bonds. The molecule has 0 radical (unpaired) electrons. The minimum atomic E-state index is -0.750. The van der Waals surface area contributed by atoms with Gasteiger partial charge in [0, 0.05) is 11.6 Å². The lowest BCUT2D eigenvalue weighted by Crippen LogP contribution is -2.12. The predicted octanol–water partition coefficient (Wildman–Crippen LogP) is 3.59. The Kier molecular flexibility index (Phi) is 3.92. The third-order valence-electron chi connectivity index (χ3n) is 3.20. The van der Waals surface area contributed by atoms with Crippen LogP contribution < -0.4 is 0 Å². The molecule has 0 bridgehead atoms. The Bertz CT molecular complexity index is 546. The third kappa shape index (κ3) is 2.50. The smallest absolute Gasteiger partial charge is 0.310 e. The van der Waals surface area contributed by atoms with E-state index in [1.165, 1.54) is 0 Å². The van der Waals surface area contributed by atoms with E-state index in [-0.39, 0.29) is 0 Å². The first-order chi connectivity index (χ1) is 8.74. The zero-order valence-corrected chi connectivity index (χ0v) is 10.5. The Hall–Kier alpha value is -1.90. The van der Waals surface area contributed by atoms with Gasteiger partial charge >= 0.3 is 5.97 Å². The average molecular weight is 243 g/mol. The molecule has 1 atom stereocenters. The molecule has 1 aromatic carbocycles. The SMILES string of the molecule is CCCCC(C(=O)O)c1cccc2ncccc12. The second kappa shape index (κ2) is 5.63. The van der Waals surface area contributed by atoms with Gasteiger partial charge in [-0.15, -0.1) is 0 Å². The summed E-state index contributed by atoms with van der Waals surface area (Å²) in [5.41, 5.74) is 1.74. The maximum absolute atomic E-state index is 11.4. The summed E-state index contributed by atoms with van der Waals surface area (Å²) in [6.45, 7) is 2.07. The van der Waals surface area contributed by atoms with Crippen LogP contribution in [0.3, 0.4) is 0 Å². The average Bonchev–Trinajstić information content (AvgIpc) is 2.39. The Morgan fingerprint density at radius 1 is 1.33 bits per heavy atom. The molecule has 0 spiro atoms. The normalized spacial score (nSPS) is 12.5. The molecule has 94 valence electrons. The van der Waals surface area contributed by atoms with Crippen molar-refractivity contribution in [2.45, 2.75) is 32.1 Å². The molecule has 0 fully saturated rings. The Labute approximate surface area is 106 Å². The number of aromatic nitrogens is 1. The summed E-state index contributed by atoms with van der Waals surface area (Å²) in [4.78, 5) is 15.7. The summed E-state index contributed by atoms with van der Waals surface area (Å²) in [6.07, 6.45) is 4.34. The summed E-state index contributed by atoms with van der Waals surface area (Å²) in [6, 6.07) is 9.49. The minimum absolute atomic E-state index is 0.433. The number of carboxylic acids is 1. The van der Waals surface area contributed by atoms with Crippen molar-refractivity contribution in [3.63, 3.8) is 0 Å². The van der Waals surface area contributed by atoms with Gasteiger partial charge in [-0.25, -0.2) is 0 Å². The molecular weight excluding hydrogens is 226 g/mol. The zero-order chi connectivity index (χ0) is 13.0. The van der Waals surface area contributed by atoms with E-state index in [0.29, 0.717) is 6.42 Å². The van der Waals surface area contributed by atoms with Crippen molar-refractivity contribution in [3.8, 4) is 0 Å². The number of rotatable bonds is 5. The lowest BCUT2D eigenvalue weighted by Gasteiger charge is -2.14. The van der Waals surface area contributed by atoms with Crippen LogP contribution in [0.15, 0.2) is 36.5 Å². The largest absolute Gasteiger partial charge is 0.481 e. The molecule has 1 heterocycles. The molecule has 1 N–H and O–H groups in total. The Morgan fingerprint density at radius 2 is 2.17 bits per heavy atom. The van der Waals surface area contributed by atoms with Gasteiger partial charge in [-0.2, -0.15) is 0 Å². The molecule has 0 aliphatic heterocycles. The number of hydrogen-bond donors (Lipinski definition) is 1. The van der Waals surface area contributed by atoms with Crippen LogP contribution >= 0.6 is 0 Å². The van der Waals surface area contributed by atoms with Crippen LogP contribution in [0, 0.1) is 0 Å². The van der Waals surface area contributed by atoms with Gasteiger partial charge < -0.3 is 5.11 Å². The number of carboxylic acid groups (broad SMARTS) is 1. The highest BCUT2D eigenvalue weighted by atomic mass is 16.4. The lowest BCUT2D eigenvalue weighted by molar-refractivity contribution is -0.139.